The number of carboxylic acid groups (broad SMARTS) is 1. The third kappa shape index (κ3) is 3.95. The number of carbonyl (C=O) groups is 1. The van der Waals surface area contributed by atoms with Crippen molar-refractivity contribution in [3.63, 3.8) is 0 Å². The smallest absolute Gasteiger partial charge is 0.323 e. The van der Waals surface area contributed by atoms with Crippen LogP contribution in [0.4, 0.5) is 0 Å². The first kappa shape index (κ1) is 10.4. The summed E-state index contributed by atoms with van der Waals surface area (Å²) in [6.45, 7) is 3.80. The second-order valence-electron chi connectivity index (χ2n) is 3.06. The monoisotopic (exact) mass is 161 g/mol. The standard InChI is InChI=1S/C7H15NO3/c1-4(2)3-5(9)6(8)7(10)11/h4-6,9H,3,8H2,1-2H3,(H,10,11)/t5-,6-/m0/s1. The van der Waals surface area contributed by atoms with Crippen LogP contribution < -0.4 is 5.73 Å². The van der Waals surface area contributed by atoms with Gasteiger partial charge in [0.25, 0.3) is 0 Å². The summed E-state index contributed by atoms with van der Waals surface area (Å²) >= 11 is 0. The van der Waals surface area contributed by atoms with Gasteiger partial charge in [-0.3, -0.25) is 4.79 Å². The molecule has 0 unspecified atom stereocenters. The van der Waals surface area contributed by atoms with Gasteiger partial charge in [-0.15, -0.1) is 0 Å². The Morgan fingerprint density at radius 3 is 2.27 bits per heavy atom. The molecule has 0 aliphatic rings. The first-order valence-corrected chi connectivity index (χ1v) is 3.61. The molecule has 0 fully saturated rings. The van der Waals surface area contributed by atoms with Gasteiger partial charge in [0, 0.05) is 0 Å². The molecule has 0 bridgehead atoms. The summed E-state index contributed by atoms with van der Waals surface area (Å²) in [5, 5.41) is 17.5. The van der Waals surface area contributed by atoms with Crippen LogP contribution in [0.1, 0.15) is 20.3 Å². The number of aliphatic hydroxyl groups excluding tert-OH is 1. The second kappa shape index (κ2) is 4.31. The van der Waals surface area contributed by atoms with Gasteiger partial charge in [0.2, 0.25) is 0 Å². The topological polar surface area (TPSA) is 83.5 Å². The van der Waals surface area contributed by atoms with Crippen molar-refractivity contribution in [2.45, 2.75) is 32.4 Å². The van der Waals surface area contributed by atoms with E-state index in [4.69, 9.17) is 15.9 Å². The van der Waals surface area contributed by atoms with Crippen molar-refractivity contribution in [2.75, 3.05) is 0 Å². The number of aliphatic carboxylic acids is 1. The van der Waals surface area contributed by atoms with Crippen molar-refractivity contribution in [1.29, 1.82) is 0 Å². The predicted octanol–water partition coefficient (Wildman–Crippen LogP) is -0.195. The van der Waals surface area contributed by atoms with E-state index in [0.717, 1.165) is 0 Å². The zero-order valence-corrected chi connectivity index (χ0v) is 6.82. The van der Waals surface area contributed by atoms with E-state index in [1.165, 1.54) is 0 Å². The second-order valence-corrected chi connectivity index (χ2v) is 3.06. The normalized spacial score (nSPS) is 16.5. The predicted molar refractivity (Wildman–Crippen MR) is 41.1 cm³/mol. The molecule has 0 spiro atoms. The van der Waals surface area contributed by atoms with Gasteiger partial charge in [0.15, 0.2) is 0 Å². The van der Waals surface area contributed by atoms with Crippen molar-refractivity contribution in [3.8, 4) is 0 Å². The minimum absolute atomic E-state index is 0.260. The summed E-state index contributed by atoms with van der Waals surface area (Å²) in [7, 11) is 0. The molecule has 0 saturated carbocycles. The summed E-state index contributed by atoms with van der Waals surface area (Å²) in [6, 6.07) is -1.16. The Kier molecular flexibility index (Phi) is 4.07. The van der Waals surface area contributed by atoms with Crippen molar-refractivity contribution in [2.24, 2.45) is 11.7 Å². The molecule has 0 rings (SSSR count). The molecular weight excluding hydrogens is 146 g/mol. The third-order valence-corrected chi connectivity index (χ3v) is 1.41. The van der Waals surface area contributed by atoms with Crippen LogP contribution in [0.15, 0.2) is 0 Å². The molecule has 0 aromatic carbocycles. The Morgan fingerprint density at radius 1 is 1.55 bits per heavy atom. The minimum atomic E-state index is -1.16. The van der Waals surface area contributed by atoms with Crippen LogP contribution in [0.2, 0.25) is 0 Å². The molecule has 0 saturated heterocycles. The molecule has 0 aromatic heterocycles. The number of aliphatic hydroxyl groups is 1. The average Bonchev–Trinajstić information content (AvgIpc) is 1.84. The van der Waals surface area contributed by atoms with Crippen molar-refractivity contribution in [1.82, 2.24) is 0 Å². The molecule has 0 heterocycles. The molecule has 66 valence electrons. The minimum Gasteiger partial charge on any atom is -0.480 e. The Labute approximate surface area is 66.0 Å². The molecule has 0 aromatic rings. The lowest BCUT2D eigenvalue weighted by molar-refractivity contribution is -0.141. The van der Waals surface area contributed by atoms with Crippen LogP contribution in [-0.2, 0) is 4.79 Å². The third-order valence-electron chi connectivity index (χ3n) is 1.41. The van der Waals surface area contributed by atoms with Crippen LogP contribution >= 0.6 is 0 Å². The summed E-state index contributed by atoms with van der Waals surface area (Å²) in [4.78, 5) is 10.2. The molecule has 0 aliphatic heterocycles. The maximum absolute atomic E-state index is 10.2. The van der Waals surface area contributed by atoms with Crippen LogP contribution in [0, 0.1) is 5.92 Å². The van der Waals surface area contributed by atoms with Crippen molar-refractivity contribution < 1.29 is 15.0 Å². The SMILES string of the molecule is CC(C)C[C@H](O)[C@H](N)C(=O)O. The lowest BCUT2D eigenvalue weighted by Gasteiger charge is -2.16. The first-order valence-electron chi connectivity index (χ1n) is 3.61. The van der Waals surface area contributed by atoms with Gasteiger partial charge >= 0.3 is 5.97 Å². The van der Waals surface area contributed by atoms with E-state index in [1.54, 1.807) is 0 Å². The van der Waals surface area contributed by atoms with E-state index in [0.29, 0.717) is 6.42 Å². The van der Waals surface area contributed by atoms with Gasteiger partial charge in [0.1, 0.15) is 6.04 Å². The number of rotatable bonds is 4. The highest BCUT2D eigenvalue weighted by Crippen LogP contribution is 2.06. The first-order chi connectivity index (χ1) is 4.95. The summed E-state index contributed by atoms with van der Waals surface area (Å²) in [5.74, 6) is -0.895. The van der Waals surface area contributed by atoms with E-state index in [2.05, 4.69) is 0 Å². The summed E-state index contributed by atoms with van der Waals surface area (Å²) in [5.41, 5.74) is 5.16. The number of hydrogen-bond acceptors (Lipinski definition) is 3. The lowest BCUT2D eigenvalue weighted by Crippen LogP contribution is -2.42. The molecule has 4 heteroatoms. The molecule has 0 radical (unpaired) electrons. The Hall–Kier alpha value is -0.610. The maximum atomic E-state index is 10.2. The molecular formula is C7H15NO3. The maximum Gasteiger partial charge on any atom is 0.323 e. The summed E-state index contributed by atoms with van der Waals surface area (Å²) < 4.78 is 0. The summed E-state index contributed by atoms with van der Waals surface area (Å²) in [6.07, 6.45) is -0.513. The van der Waals surface area contributed by atoms with Crippen LogP contribution in [-0.4, -0.2) is 28.3 Å². The fourth-order valence-corrected chi connectivity index (χ4v) is 0.794. The van der Waals surface area contributed by atoms with Gasteiger partial charge in [-0.05, 0) is 12.3 Å². The highest BCUT2D eigenvalue weighted by atomic mass is 16.4. The largest absolute Gasteiger partial charge is 0.480 e. The van der Waals surface area contributed by atoms with E-state index in [1.807, 2.05) is 13.8 Å². The average molecular weight is 161 g/mol. The van der Waals surface area contributed by atoms with Crippen molar-refractivity contribution >= 4 is 5.97 Å². The molecule has 2 atom stereocenters. The molecule has 4 nitrogen and oxygen atoms in total. The zero-order chi connectivity index (χ0) is 9.02. The molecule has 4 N–H and O–H groups in total. The van der Waals surface area contributed by atoms with Gasteiger partial charge in [-0.25, -0.2) is 0 Å². The number of hydrogen-bond donors (Lipinski definition) is 3. The Balaban J connectivity index is 3.82. The molecule has 0 amide bonds. The number of carboxylic acids is 1. The van der Waals surface area contributed by atoms with E-state index < -0.39 is 18.1 Å². The highest BCUT2D eigenvalue weighted by Gasteiger charge is 2.22. The fourth-order valence-electron chi connectivity index (χ4n) is 0.794. The van der Waals surface area contributed by atoms with E-state index in [-0.39, 0.29) is 5.92 Å². The van der Waals surface area contributed by atoms with Crippen LogP contribution in [0.25, 0.3) is 0 Å². The fraction of sp³-hybridized carbons (Fsp3) is 0.857. The van der Waals surface area contributed by atoms with Crippen LogP contribution in [0.3, 0.4) is 0 Å². The van der Waals surface area contributed by atoms with Gasteiger partial charge < -0.3 is 15.9 Å². The Bertz CT molecular complexity index is 136. The van der Waals surface area contributed by atoms with E-state index in [9.17, 15) is 4.79 Å². The zero-order valence-electron chi connectivity index (χ0n) is 6.82. The lowest BCUT2D eigenvalue weighted by atomic mass is 10.0. The van der Waals surface area contributed by atoms with Gasteiger partial charge in [-0.2, -0.15) is 0 Å². The van der Waals surface area contributed by atoms with Gasteiger partial charge in [-0.1, -0.05) is 13.8 Å². The highest BCUT2D eigenvalue weighted by molar-refractivity contribution is 5.73. The van der Waals surface area contributed by atoms with Gasteiger partial charge in [0.05, 0.1) is 6.10 Å². The Morgan fingerprint density at radius 2 is 2.00 bits per heavy atom. The van der Waals surface area contributed by atoms with E-state index >= 15 is 0 Å². The molecule has 11 heavy (non-hydrogen) atoms. The van der Waals surface area contributed by atoms with Crippen molar-refractivity contribution in [3.05, 3.63) is 0 Å². The van der Waals surface area contributed by atoms with Crippen LogP contribution in [0.5, 0.6) is 0 Å². The number of nitrogens with two attached hydrogens (primary N) is 1. The molecule has 0 aliphatic carbocycles. The quantitative estimate of drug-likeness (QED) is 0.533.